The van der Waals surface area contributed by atoms with Gasteiger partial charge >= 0.3 is 0 Å². The van der Waals surface area contributed by atoms with Gasteiger partial charge in [0, 0.05) is 29.9 Å². The number of para-hydroxylation sites is 1. The molecule has 7 heteroatoms. The lowest BCUT2D eigenvalue weighted by Gasteiger charge is -2.21. The van der Waals surface area contributed by atoms with Crippen molar-refractivity contribution in [3.63, 3.8) is 0 Å². The summed E-state index contributed by atoms with van der Waals surface area (Å²) in [6.07, 6.45) is 0.512. The van der Waals surface area contributed by atoms with E-state index in [-0.39, 0.29) is 11.9 Å². The molecule has 0 fully saturated rings. The Bertz CT molecular complexity index is 1150. The molecule has 4 rings (SSSR count). The van der Waals surface area contributed by atoms with Crippen LogP contribution in [0.15, 0.2) is 53.6 Å². The van der Waals surface area contributed by atoms with Crippen molar-refractivity contribution in [1.82, 2.24) is 9.99 Å². The summed E-state index contributed by atoms with van der Waals surface area (Å²) in [5.41, 5.74) is 3.15. The van der Waals surface area contributed by atoms with Gasteiger partial charge in [-0.15, -0.1) is 0 Å². The fourth-order valence-corrected chi connectivity index (χ4v) is 4.00. The molecule has 0 radical (unpaired) electrons. The van der Waals surface area contributed by atoms with E-state index in [1.807, 2.05) is 55.5 Å². The minimum absolute atomic E-state index is 0.163. The van der Waals surface area contributed by atoms with Crippen LogP contribution in [0.4, 0.5) is 0 Å². The smallest absolute Gasteiger partial charge is 0.240 e. The fourth-order valence-electron chi connectivity index (χ4n) is 3.73. The van der Waals surface area contributed by atoms with Gasteiger partial charge in [0.15, 0.2) is 0 Å². The summed E-state index contributed by atoms with van der Waals surface area (Å²) in [6.45, 7) is 4.02. The molecular weight excluding hydrogens is 402 g/mol. The molecule has 6 nitrogen and oxygen atoms in total. The van der Waals surface area contributed by atoms with E-state index < -0.39 is 0 Å². The standard InChI is InChI=1S/C23H22ClN3O3/c1-4-30-16-9-10-19-15(11-16)12-18(23(24)25-19)21-13-20(26-27(21)14(2)28)17-7-5-6-8-22(17)29-3/h5-12,21H,4,13H2,1-3H3/t21-/m1/s1. The first-order valence-electron chi connectivity index (χ1n) is 9.75. The van der Waals surface area contributed by atoms with E-state index in [0.717, 1.165) is 33.5 Å². The predicted molar refractivity (Wildman–Crippen MR) is 117 cm³/mol. The molecule has 1 aliphatic heterocycles. The highest BCUT2D eigenvalue weighted by Crippen LogP contribution is 2.38. The number of carbonyl (C=O) groups excluding carboxylic acids is 1. The Morgan fingerprint density at radius 1 is 1.23 bits per heavy atom. The van der Waals surface area contributed by atoms with E-state index in [0.29, 0.717) is 23.9 Å². The SMILES string of the molecule is CCOc1ccc2nc(Cl)c([C@H]3CC(c4ccccc4OC)=NN3C(C)=O)cc2c1. The minimum Gasteiger partial charge on any atom is -0.496 e. The predicted octanol–water partition coefficient (Wildman–Crippen LogP) is 4.99. The van der Waals surface area contributed by atoms with Gasteiger partial charge in [0.25, 0.3) is 0 Å². The number of halogens is 1. The summed E-state index contributed by atoms with van der Waals surface area (Å²) >= 11 is 6.55. The number of nitrogens with zero attached hydrogens (tertiary/aromatic N) is 3. The largest absolute Gasteiger partial charge is 0.496 e. The number of hydrogen-bond acceptors (Lipinski definition) is 5. The second kappa shape index (κ2) is 8.32. The molecular formula is C23H22ClN3O3. The second-order valence-corrected chi connectivity index (χ2v) is 7.34. The van der Waals surface area contributed by atoms with Crippen molar-refractivity contribution in [2.75, 3.05) is 13.7 Å². The lowest BCUT2D eigenvalue weighted by molar-refractivity contribution is -0.130. The first-order chi connectivity index (χ1) is 14.5. The zero-order valence-electron chi connectivity index (χ0n) is 17.1. The van der Waals surface area contributed by atoms with Crippen molar-refractivity contribution in [2.45, 2.75) is 26.3 Å². The summed E-state index contributed by atoms with van der Waals surface area (Å²) in [5.74, 6) is 1.31. The molecule has 0 saturated heterocycles. The summed E-state index contributed by atoms with van der Waals surface area (Å²) < 4.78 is 11.1. The number of fused-ring (bicyclic) bond motifs is 1. The topological polar surface area (TPSA) is 64.0 Å². The van der Waals surface area contributed by atoms with Gasteiger partial charge in [0.05, 0.1) is 31.0 Å². The highest BCUT2D eigenvalue weighted by molar-refractivity contribution is 6.30. The van der Waals surface area contributed by atoms with Gasteiger partial charge < -0.3 is 9.47 Å². The maximum atomic E-state index is 12.4. The summed E-state index contributed by atoms with van der Waals surface area (Å²) in [6, 6.07) is 14.9. The highest BCUT2D eigenvalue weighted by Gasteiger charge is 2.34. The van der Waals surface area contributed by atoms with E-state index in [1.54, 1.807) is 7.11 Å². The van der Waals surface area contributed by atoms with Gasteiger partial charge in [0.2, 0.25) is 5.91 Å². The van der Waals surface area contributed by atoms with Crippen molar-refractivity contribution in [2.24, 2.45) is 5.10 Å². The van der Waals surface area contributed by atoms with Crippen LogP contribution in [0.5, 0.6) is 11.5 Å². The Balaban J connectivity index is 1.76. The van der Waals surface area contributed by atoms with Crippen LogP contribution in [0.1, 0.15) is 37.4 Å². The quantitative estimate of drug-likeness (QED) is 0.542. The van der Waals surface area contributed by atoms with Gasteiger partial charge in [-0.05, 0) is 43.3 Å². The average molecular weight is 424 g/mol. The van der Waals surface area contributed by atoms with Crippen molar-refractivity contribution < 1.29 is 14.3 Å². The molecule has 2 aromatic carbocycles. The molecule has 0 bridgehead atoms. The van der Waals surface area contributed by atoms with Crippen LogP contribution in [0.2, 0.25) is 5.15 Å². The average Bonchev–Trinajstić information content (AvgIpc) is 3.19. The number of methoxy groups -OCH3 is 1. The molecule has 0 saturated carbocycles. The molecule has 0 aliphatic carbocycles. The van der Waals surface area contributed by atoms with Gasteiger partial charge in [-0.25, -0.2) is 9.99 Å². The molecule has 3 aromatic rings. The Labute approximate surface area is 180 Å². The van der Waals surface area contributed by atoms with Gasteiger partial charge in [-0.1, -0.05) is 23.7 Å². The molecule has 154 valence electrons. The Morgan fingerprint density at radius 2 is 2.03 bits per heavy atom. The van der Waals surface area contributed by atoms with Crippen LogP contribution < -0.4 is 9.47 Å². The zero-order chi connectivity index (χ0) is 21.3. The van der Waals surface area contributed by atoms with Crippen LogP contribution in [-0.4, -0.2) is 35.3 Å². The number of rotatable bonds is 5. The number of ether oxygens (including phenoxy) is 2. The van der Waals surface area contributed by atoms with E-state index in [4.69, 9.17) is 21.1 Å². The van der Waals surface area contributed by atoms with Crippen molar-refractivity contribution >= 4 is 34.1 Å². The Hall–Kier alpha value is -3.12. The normalized spacial score (nSPS) is 15.9. The number of hydrazone groups is 1. The third-order valence-electron chi connectivity index (χ3n) is 5.09. The van der Waals surface area contributed by atoms with Crippen molar-refractivity contribution in [3.05, 3.63) is 64.8 Å². The molecule has 1 atom stereocenters. The first kappa shape index (κ1) is 20.2. The summed E-state index contributed by atoms with van der Waals surface area (Å²) in [5, 5.41) is 7.34. The number of hydrogen-bond donors (Lipinski definition) is 0. The van der Waals surface area contributed by atoms with E-state index in [9.17, 15) is 4.79 Å². The fraction of sp³-hybridized carbons (Fsp3) is 0.261. The molecule has 2 heterocycles. The second-order valence-electron chi connectivity index (χ2n) is 6.99. The molecule has 30 heavy (non-hydrogen) atoms. The minimum atomic E-state index is -0.345. The zero-order valence-corrected chi connectivity index (χ0v) is 17.8. The molecule has 0 spiro atoms. The molecule has 0 unspecified atom stereocenters. The lowest BCUT2D eigenvalue weighted by atomic mass is 9.98. The van der Waals surface area contributed by atoms with Crippen molar-refractivity contribution in [3.8, 4) is 11.5 Å². The third kappa shape index (κ3) is 3.71. The highest BCUT2D eigenvalue weighted by atomic mass is 35.5. The first-order valence-corrected chi connectivity index (χ1v) is 10.1. The Kier molecular flexibility index (Phi) is 5.59. The maximum absolute atomic E-state index is 12.4. The van der Waals surface area contributed by atoms with Gasteiger partial charge in [-0.3, -0.25) is 4.79 Å². The molecule has 1 aliphatic rings. The van der Waals surface area contributed by atoms with Crippen LogP contribution in [0, 0.1) is 0 Å². The number of aromatic nitrogens is 1. The Morgan fingerprint density at radius 3 is 2.77 bits per heavy atom. The monoisotopic (exact) mass is 423 g/mol. The van der Waals surface area contributed by atoms with Gasteiger partial charge in [0.1, 0.15) is 16.7 Å². The number of carbonyl (C=O) groups is 1. The van der Waals surface area contributed by atoms with Crippen molar-refractivity contribution in [1.29, 1.82) is 0 Å². The number of pyridine rings is 1. The van der Waals surface area contributed by atoms with E-state index >= 15 is 0 Å². The van der Waals surface area contributed by atoms with Crippen LogP contribution in [0.25, 0.3) is 10.9 Å². The summed E-state index contributed by atoms with van der Waals surface area (Å²) in [4.78, 5) is 16.9. The van der Waals surface area contributed by atoms with Crippen LogP contribution in [-0.2, 0) is 4.79 Å². The van der Waals surface area contributed by atoms with Gasteiger partial charge in [-0.2, -0.15) is 5.10 Å². The maximum Gasteiger partial charge on any atom is 0.240 e. The van der Waals surface area contributed by atoms with Crippen LogP contribution >= 0.6 is 11.6 Å². The molecule has 1 aromatic heterocycles. The number of amides is 1. The van der Waals surface area contributed by atoms with Crippen LogP contribution in [0.3, 0.4) is 0 Å². The lowest BCUT2D eigenvalue weighted by Crippen LogP contribution is -2.24. The summed E-state index contributed by atoms with van der Waals surface area (Å²) in [7, 11) is 1.62. The van der Waals surface area contributed by atoms with E-state index in [1.165, 1.54) is 11.9 Å². The van der Waals surface area contributed by atoms with E-state index in [2.05, 4.69) is 10.1 Å². The third-order valence-corrected chi connectivity index (χ3v) is 5.39. The number of benzene rings is 2. The molecule has 0 N–H and O–H groups in total. The molecule has 1 amide bonds.